The Bertz CT molecular complexity index is 141. The molecule has 0 aliphatic heterocycles. The summed E-state index contributed by atoms with van der Waals surface area (Å²) in [7, 11) is 0. The number of carbonyl (C=O) groups is 1. The van der Waals surface area contributed by atoms with E-state index >= 15 is 0 Å². The van der Waals surface area contributed by atoms with Crippen LogP contribution in [-0.2, 0) is 0 Å². The molecule has 0 aromatic carbocycles. The Kier molecular flexibility index (Phi) is 4.84. The van der Waals surface area contributed by atoms with Crippen LogP contribution in [0.4, 0.5) is 4.79 Å². The van der Waals surface area contributed by atoms with Gasteiger partial charge in [-0.3, -0.25) is 4.72 Å². The van der Waals surface area contributed by atoms with E-state index in [-0.39, 0.29) is 0 Å². The fourth-order valence-electron chi connectivity index (χ4n) is 0.321. The van der Waals surface area contributed by atoms with Crippen molar-refractivity contribution in [1.29, 1.82) is 0 Å². The van der Waals surface area contributed by atoms with E-state index in [4.69, 9.17) is 5.73 Å². The van der Waals surface area contributed by atoms with Gasteiger partial charge in [0.05, 0.1) is 0 Å². The van der Waals surface area contributed by atoms with Crippen molar-refractivity contribution >= 4 is 18.0 Å². The lowest BCUT2D eigenvalue weighted by Gasteiger charge is -1.95. The van der Waals surface area contributed by atoms with E-state index in [9.17, 15) is 4.79 Å². The van der Waals surface area contributed by atoms with Crippen LogP contribution in [0.25, 0.3) is 0 Å². The van der Waals surface area contributed by atoms with Gasteiger partial charge in [0.2, 0.25) is 0 Å². The van der Waals surface area contributed by atoms with Crippen molar-refractivity contribution in [1.82, 2.24) is 4.72 Å². The van der Waals surface area contributed by atoms with E-state index in [1.54, 1.807) is 0 Å². The zero-order chi connectivity index (χ0) is 7.98. The lowest BCUT2D eigenvalue weighted by atomic mass is 10.3. The third-order valence-electron chi connectivity index (χ3n) is 0.748. The van der Waals surface area contributed by atoms with Crippen molar-refractivity contribution in [3.63, 3.8) is 0 Å². The Hall–Kier alpha value is -0.640. The maximum atomic E-state index is 10.1. The van der Waals surface area contributed by atoms with Crippen LogP contribution in [0.5, 0.6) is 0 Å². The summed E-state index contributed by atoms with van der Waals surface area (Å²) in [5, 5.41) is 0. The van der Waals surface area contributed by atoms with Crippen molar-refractivity contribution < 1.29 is 4.79 Å². The number of allylic oxidation sites excluding steroid dienone is 1. The molecule has 58 valence electrons. The molecule has 0 bridgehead atoms. The van der Waals surface area contributed by atoms with E-state index in [0.29, 0.717) is 0 Å². The first-order valence-corrected chi connectivity index (χ1v) is 3.92. The molecule has 0 aliphatic rings. The normalized spacial score (nSPS) is 8.60. The molecular weight excluding hydrogens is 148 g/mol. The molecule has 4 heteroatoms. The van der Waals surface area contributed by atoms with Gasteiger partial charge in [-0.05, 0) is 25.8 Å². The zero-order valence-corrected chi connectivity index (χ0v) is 6.99. The predicted octanol–water partition coefficient (Wildman–Crippen LogP) is 1.27. The fraction of sp³-hybridized carbons (Fsp3) is 0.500. The van der Waals surface area contributed by atoms with Crippen molar-refractivity contribution in [2.24, 2.45) is 5.73 Å². The minimum atomic E-state index is -0.493. The first-order valence-electron chi connectivity index (χ1n) is 2.93. The summed E-state index contributed by atoms with van der Waals surface area (Å²) < 4.78 is 2.41. The summed E-state index contributed by atoms with van der Waals surface area (Å²) in [5.74, 6) is 0.769. The predicted molar refractivity (Wildman–Crippen MR) is 44.6 cm³/mol. The number of nitrogens with one attached hydrogen (secondary N) is 1. The molecule has 0 heterocycles. The van der Waals surface area contributed by atoms with Crippen LogP contribution in [0, 0.1) is 0 Å². The van der Waals surface area contributed by atoms with Gasteiger partial charge in [0.15, 0.2) is 0 Å². The maximum Gasteiger partial charge on any atom is 0.322 e. The first kappa shape index (κ1) is 9.36. The van der Waals surface area contributed by atoms with Crippen molar-refractivity contribution in [3.05, 3.63) is 11.6 Å². The van der Waals surface area contributed by atoms with Gasteiger partial charge in [-0.1, -0.05) is 11.6 Å². The van der Waals surface area contributed by atoms with E-state index in [1.165, 1.54) is 17.5 Å². The van der Waals surface area contributed by atoms with Gasteiger partial charge in [0.1, 0.15) is 0 Å². The highest BCUT2D eigenvalue weighted by Crippen LogP contribution is 1.96. The van der Waals surface area contributed by atoms with Crippen LogP contribution in [0.3, 0.4) is 0 Å². The van der Waals surface area contributed by atoms with E-state index < -0.39 is 6.03 Å². The second kappa shape index (κ2) is 5.17. The average molecular weight is 160 g/mol. The summed E-state index contributed by atoms with van der Waals surface area (Å²) in [6.45, 7) is 4.01. The molecular formula is C6H12N2OS. The molecule has 3 N–H and O–H groups in total. The van der Waals surface area contributed by atoms with Crippen LogP contribution in [0.15, 0.2) is 11.6 Å². The number of nitrogens with two attached hydrogens (primary N) is 1. The van der Waals surface area contributed by atoms with Gasteiger partial charge in [-0.25, -0.2) is 4.79 Å². The van der Waals surface area contributed by atoms with Crippen LogP contribution in [0.1, 0.15) is 13.8 Å². The van der Waals surface area contributed by atoms with Crippen LogP contribution >= 0.6 is 11.9 Å². The smallest absolute Gasteiger partial charge is 0.322 e. The molecule has 2 amide bonds. The number of amides is 2. The lowest BCUT2D eigenvalue weighted by molar-refractivity contribution is 0.254. The lowest BCUT2D eigenvalue weighted by Crippen LogP contribution is -2.23. The average Bonchev–Trinajstić information content (AvgIpc) is 1.79. The van der Waals surface area contributed by atoms with Crippen molar-refractivity contribution in [2.75, 3.05) is 5.75 Å². The molecule has 0 aromatic heterocycles. The minimum absolute atomic E-state index is 0.493. The molecule has 0 aliphatic carbocycles. The topological polar surface area (TPSA) is 55.1 Å². The van der Waals surface area contributed by atoms with Gasteiger partial charge >= 0.3 is 6.03 Å². The van der Waals surface area contributed by atoms with Crippen LogP contribution in [0.2, 0.25) is 0 Å². The SMILES string of the molecule is CC(C)=CCSNC(N)=O. The monoisotopic (exact) mass is 160 g/mol. The summed E-state index contributed by atoms with van der Waals surface area (Å²) in [5.41, 5.74) is 6.05. The Labute approximate surface area is 65.2 Å². The highest BCUT2D eigenvalue weighted by atomic mass is 32.2. The Morgan fingerprint density at radius 2 is 2.30 bits per heavy atom. The van der Waals surface area contributed by atoms with Gasteiger partial charge in [-0.15, -0.1) is 0 Å². The van der Waals surface area contributed by atoms with Gasteiger partial charge in [-0.2, -0.15) is 0 Å². The molecule has 0 radical (unpaired) electrons. The molecule has 0 aromatic rings. The van der Waals surface area contributed by atoms with Crippen LogP contribution < -0.4 is 10.5 Å². The molecule has 0 atom stereocenters. The van der Waals surface area contributed by atoms with E-state index in [0.717, 1.165) is 5.75 Å². The van der Waals surface area contributed by atoms with E-state index in [2.05, 4.69) is 4.72 Å². The van der Waals surface area contributed by atoms with Gasteiger partial charge < -0.3 is 5.73 Å². The fourth-order valence-corrected chi connectivity index (χ4v) is 0.963. The summed E-state index contributed by atoms with van der Waals surface area (Å²) >= 11 is 1.29. The Balaban J connectivity index is 3.21. The van der Waals surface area contributed by atoms with Gasteiger partial charge in [0.25, 0.3) is 0 Å². The second-order valence-corrected chi connectivity index (χ2v) is 2.88. The summed E-state index contributed by atoms with van der Waals surface area (Å²) in [4.78, 5) is 10.1. The van der Waals surface area contributed by atoms with Crippen LogP contribution in [-0.4, -0.2) is 11.8 Å². The highest BCUT2D eigenvalue weighted by Gasteiger charge is 1.87. The summed E-state index contributed by atoms with van der Waals surface area (Å²) in [6.07, 6.45) is 2.01. The molecule has 0 spiro atoms. The molecule has 0 saturated heterocycles. The van der Waals surface area contributed by atoms with Gasteiger partial charge in [0, 0.05) is 5.75 Å². The molecule has 0 saturated carbocycles. The largest absolute Gasteiger partial charge is 0.351 e. The number of urea groups is 1. The number of primary amides is 1. The molecule has 0 fully saturated rings. The first-order chi connectivity index (χ1) is 4.63. The highest BCUT2D eigenvalue weighted by molar-refractivity contribution is 7.98. The number of rotatable bonds is 3. The van der Waals surface area contributed by atoms with Crippen molar-refractivity contribution in [2.45, 2.75) is 13.8 Å². The number of carbonyl (C=O) groups excluding carboxylic acids is 1. The zero-order valence-electron chi connectivity index (χ0n) is 6.18. The second-order valence-electron chi connectivity index (χ2n) is 2.06. The number of hydrogen-bond acceptors (Lipinski definition) is 2. The maximum absolute atomic E-state index is 10.1. The van der Waals surface area contributed by atoms with E-state index in [1.807, 2.05) is 19.9 Å². The molecule has 3 nitrogen and oxygen atoms in total. The Morgan fingerprint density at radius 3 is 2.70 bits per heavy atom. The number of hydrogen-bond donors (Lipinski definition) is 2. The molecule has 0 unspecified atom stereocenters. The summed E-state index contributed by atoms with van der Waals surface area (Å²) in [6, 6.07) is -0.493. The van der Waals surface area contributed by atoms with Crippen molar-refractivity contribution in [3.8, 4) is 0 Å². The Morgan fingerprint density at radius 1 is 1.70 bits per heavy atom. The molecule has 10 heavy (non-hydrogen) atoms. The standard InChI is InChI=1S/C6H12N2OS/c1-5(2)3-4-10-8-6(7)9/h3H,4H2,1-2H3,(H3,7,8,9). The third kappa shape index (κ3) is 7.36. The third-order valence-corrected chi connectivity index (χ3v) is 1.43. The minimum Gasteiger partial charge on any atom is -0.351 e. The molecule has 0 rings (SSSR count). The quantitative estimate of drug-likeness (QED) is 0.371.